The van der Waals surface area contributed by atoms with Crippen molar-refractivity contribution in [1.29, 1.82) is 0 Å². The summed E-state index contributed by atoms with van der Waals surface area (Å²) in [7, 11) is 0. The molecule has 0 saturated carbocycles. The molecule has 0 aromatic heterocycles. The number of carbonyl (C=O) groups is 2. The van der Waals surface area contributed by atoms with Crippen LogP contribution in [0.15, 0.2) is 24.3 Å². The third-order valence-corrected chi connectivity index (χ3v) is 5.20. The molecule has 0 spiro atoms. The Labute approximate surface area is 144 Å². The van der Waals surface area contributed by atoms with Gasteiger partial charge >= 0.3 is 5.97 Å². The summed E-state index contributed by atoms with van der Waals surface area (Å²) >= 11 is 7.31. The van der Waals surface area contributed by atoms with E-state index in [4.69, 9.17) is 16.3 Å². The molecular formula is C16H20ClNO4S. The molecule has 2 N–H and O–H groups in total. The average Bonchev–Trinajstić information content (AvgIpc) is 2.55. The SMILES string of the molecule is O=C(CSCc1ccc(Cl)cc1)NCC1(C(=O)O)CCOCC1. The molecule has 1 aromatic carbocycles. The smallest absolute Gasteiger partial charge is 0.311 e. The molecule has 0 aliphatic carbocycles. The van der Waals surface area contributed by atoms with Crippen LogP contribution >= 0.6 is 23.4 Å². The maximum Gasteiger partial charge on any atom is 0.311 e. The molecule has 1 heterocycles. The van der Waals surface area contributed by atoms with Gasteiger partial charge in [-0.3, -0.25) is 9.59 Å². The van der Waals surface area contributed by atoms with Crippen molar-refractivity contribution in [3.8, 4) is 0 Å². The van der Waals surface area contributed by atoms with E-state index in [1.165, 1.54) is 11.8 Å². The van der Waals surface area contributed by atoms with Gasteiger partial charge in [0.05, 0.1) is 11.2 Å². The Hall–Kier alpha value is -1.24. The van der Waals surface area contributed by atoms with Gasteiger partial charge in [0.2, 0.25) is 5.91 Å². The number of carbonyl (C=O) groups excluding carboxylic acids is 1. The first-order valence-corrected chi connectivity index (χ1v) is 8.95. The number of hydrogen-bond donors (Lipinski definition) is 2. The number of halogens is 1. The fourth-order valence-electron chi connectivity index (χ4n) is 2.39. The van der Waals surface area contributed by atoms with Gasteiger partial charge < -0.3 is 15.2 Å². The van der Waals surface area contributed by atoms with Crippen LogP contribution in [0.2, 0.25) is 5.02 Å². The van der Waals surface area contributed by atoms with Crippen LogP contribution in [-0.2, 0) is 20.1 Å². The van der Waals surface area contributed by atoms with Crippen molar-refractivity contribution >= 4 is 35.2 Å². The van der Waals surface area contributed by atoms with E-state index < -0.39 is 11.4 Å². The zero-order chi connectivity index (χ0) is 16.7. The summed E-state index contributed by atoms with van der Waals surface area (Å²) < 4.78 is 5.21. The monoisotopic (exact) mass is 357 g/mol. The van der Waals surface area contributed by atoms with E-state index in [2.05, 4.69) is 5.32 Å². The van der Waals surface area contributed by atoms with Crippen LogP contribution in [0.3, 0.4) is 0 Å². The van der Waals surface area contributed by atoms with Crippen molar-refractivity contribution < 1.29 is 19.4 Å². The highest BCUT2D eigenvalue weighted by atomic mass is 35.5. The maximum atomic E-state index is 11.9. The molecule has 1 aliphatic rings. The van der Waals surface area contributed by atoms with Gasteiger partial charge in [-0.1, -0.05) is 23.7 Å². The molecule has 0 bridgehead atoms. The van der Waals surface area contributed by atoms with Crippen molar-refractivity contribution in [1.82, 2.24) is 5.32 Å². The Morgan fingerprint density at radius 2 is 1.91 bits per heavy atom. The highest BCUT2D eigenvalue weighted by Gasteiger charge is 2.40. The second-order valence-electron chi connectivity index (χ2n) is 5.59. The normalized spacial score (nSPS) is 16.7. The molecule has 23 heavy (non-hydrogen) atoms. The molecule has 0 radical (unpaired) electrons. The van der Waals surface area contributed by atoms with Crippen LogP contribution in [-0.4, -0.2) is 42.5 Å². The average molecular weight is 358 g/mol. The van der Waals surface area contributed by atoms with Crippen LogP contribution < -0.4 is 5.32 Å². The molecule has 7 heteroatoms. The summed E-state index contributed by atoms with van der Waals surface area (Å²) in [4.78, 5) is 23.4. The topological polar surface area (TPSA) is 75.6 Å². The molecule has 1 aliphatic heterocycles. The third-order valence-electron chi connectivity index (χ3n) is 3.94. The van der Waals surface area contributed by atoms with Crippen molar-refractivity contribution in [3.05, 3.63) is 34.9 Å². The number of aliphatic carboxylic acids is 1. The lowest BCUT2D eigenvalue weighted by Crippen LogP contribution is -2.46. The van der Waals surface area contributed by atoms with Gasteiger partial charge in [-0.2, -0.15) is 0 Å². The highest BCUT2D eigenvalue weighted by Crippen LogP contribution is 2.30. The molecule has 1 saturated heterocycles. The van der Waals surface area contributed by atoms with E-state index in [-0.39, 0.29) is 12.5 Å². The number of hydrogen-bond acceptors (Lipinski definition) is 4. The van der Waals surface area contributed by atoms with Gasteiger partial charge in [0, 0.05) is 30.5 Å². The molecule has 2 rings (SSSR count). The molecule has 126 valence electrons. The van der Waals surface area contributed by atoms with Crippen molar-refractivity contribution in [2.24, 2.45) is 5.41 Å². The highest BCUT2D eigenvalue weighted by molar-refractivity contribution is 7.99. The molecule has 1 fully saturated rings. The third kappa shape index (κ3) is 5.41. The summed E-state index contributed by atoms with van der Waals surface area (Å²) in [6.45, 7) is 1.01. The van der Waals surface area contributed by atoms with E-state index in [1.54, 1.807) is 0 Å². The zero-order valence-corrected chi connectivity index (χ0v) is 14.3. The van der Waals surface area contributed by atoms with E-state index in [0.29, 0.717) is 42.6 Å². The van der Waals surface area contributed by atoms with Gasteiger partial charge in [-0.25, -0.2) is 0 Å². The number of carboxylic acid groups (broad SMARTS) is 1. The second-order valence-corrected chi connectivity index (χ2v) is 7.02. The molecule has 1 aromatic rings. The van der Waals surface area contributed by atoms with Crippen LogP contribution in [0.25, 0.3) is 0 Å². The van der Waals surface area contributed by atoms with Crippen LogP contribution in [0.4, 0.5) is 0 Å². The molecule has 5 nitrogen and oxygen atoms in total. The molecular weight excluding hydrogens is 338 g/mol. The number of amides is 1. The first-order chi connectivity index (χ1) is 11.0. The number of thioether (sulfide) groups is 1. The Kier molecular flexibility index (Phi) is 6.74. The van der Waals surface area contributed by atoms with Gasteiger partial charge in [0.25, 0.3) is 0 Å². The lowest BCUT2D eigenvalue weighted by atomic mass is 9.80. The van der Waals surface area contributed by atoms with Gasteiger partial charge in [0.15, 0.2) is 0 Å². The standard InChI is InChI=1S/C16H20ClNO4S/c17-13-3-1-12(2-4-13)9-23-10-14(19)18-11-16(15(20)21)5-7-22-8-6-16/h1-4H,5-11H2,(H,18,19)(H,20,21). The van der Waals surface area contributed by atoms with Crippen LogP contribution in [0.1, 0.15) is 18.4 Å². The lowest BCUT2D eigenvalue weighted by Gasteiger charge is -2.33. The predicted octanol–water partition coefficient (Wildman–Crippen LogP) is 2.57. The Morgan fingerprint density at radius 1 is 1.26 bits per heavy atom. The first kappa shape index (κ1) is 18.1. The van der Waals surface area contributed by atoms with Crippen molar-refractivity contribution in [3.63, 3.8) is 0 Å². The number of carboxylic acids is 1. The molecule has 1 amide bonds. The van der Waals surface area contributed by atoms with E-state index in [0.717, 1.165) is 5.56 Å². The second kappa shape index (κ2) is 8.57. The van der Waals surface area contributed by atoms with Crippen LogP contribution in [0, 0.1) is 5.41 Å². The first-order valence-electron chi connectivity index (χ1n) is 7.42. The summed E-state index contributed by atoms with van der Waals surface area (Å²) in [5.41, 5.74) is 0.202. The van der Waals surface area contributed by atoms with Gasteiger partial charge in [-0.05, 0) is 30.5 Å². The van der Waals surface area contributed by atoms with Crippen molar-refractivity contribution in [2.75, 3.05) is 25.5 Å². The number of nitrogens with one attached hydrogen (secondary N) is 1. The minimum atomic E-state index is -0.894. The Balaban J connectivity index is 1.73. The fraction of sp³-hybridized carbons (Fsp3) is 0.500. The summed E-state index contributed by atoms with van der Waals surface area (Å²) in [6.07, 6.45) is 0.862. The fourth-order valence-corrected chi connectivity index (χ4v) is 3.33. The summed E-state index contributed by atoms with van der Waals surface area (Å²) in [5.74, 6) is 0.00290. The summed E-state index contributed by atoms with van der Waals surface area (Å²) in [6, 6.07) is 7.49. The quantitative estimate of drug-likeness (QED) is 0.784. The lowest BCUT2D eigenvalue weighted by molar-refractivity contribution is -0.154. The van der Waals surface area contributed by atoms with Gasteiger partial charge in [0.1, 0.15) is 0 Å². The van der Waals surface area contributed by atoms with Gasteiger partial charge in [-0.15, -0.1) is 11.8 Å². The molecule has 0 unspecified atom stereocenters. The number of benzene rings is 1. The minimum Gasteiger partial charge on any atom is -0.481 e. The Morgan fingerprint density at radius 3 is 2.52 bits per heavy atom. The molecule has 0 atom stereocenters. The maximum absolute atomic E-state index is 11.9. The number of ether oxygens (including phenoxy) is 1. The largest absolute Gasteiger partial charge is 0.481 e. The number of rotatable bonds is 7. The van der Waals surface area contributed by atoms with E-state index >= 15 is 0 Å². The predicted molar refractivity (Wildman–Crippen MR) is 90.7 cm³/mol. The minimum absolute atomic E-state index is 0.143. The van der Waals surface area contributed by atoms with E-state index in [9.17, 15) is 14.7 Å². The van der Waals surface area contributed by atoms with Crippen LogP contribution in [0.5, 0.6) is 0 Å². The zero-order valence-electron chi connectivity index (χ0n) is 12.7. The summed E-state index contributed by atoms with van der Waals surface area (Å²) in [5, 5.41) is 12.9. The van der Waals surface area contributed by atoms with E-state index in [1.807, 2.05) is 24.3 Å². The van der Waals surface area contributed by atoms with Crippen molar-refractivity contribution in [2.45, 2.75) is 18.6 Å². The Bertz CT molecular complexity index is 544.